The van der Waals surface area contributed by atoms with E-state index in [1.54, 1.807) is 6.08 Å². The van der Waals surface area contributed by atoms with Gasteiger partial charge in [0.2, 0.25) is 0 Å². The largest absolute Gasteiger partial charge is 0.457 e. The number of rotatable bonds is 4. The molecule has 0 amide bonds. The van der Waals surface area contributed by atoms with Crippen molar-refractivity contribution < 1.29 is 9.53 Å². The fraction of sp³-hybridized carbons (Fsp3) is 0.125. The molecule has 0 N–H and O–H groups in total. The molecule has 2 heterocycles. The fourth-order valence-corrected chi connectivity index (χ4v) is 3.17. The number of benzene rings is 1. The molecule has 2 aromatic heterocycles. The minimum absolute atomic E-state index is 0.219. The zero-order chi connectivity index (χ0) is 14.8. The summed E-state index contributed by atoms with van der Waals surface area (Å²) in [5, 5.41) is 5.52. The van der Waals surface area contributed by atoms with Crippen molar-refractivity contribution in [2.75, 3.05) is 6.61 Å². The molecule has 0 atom stereocenters. The summed E-state index contributed by atoms with van der Waals surface area (Å²) >= 11 is 1.39. The van der Waals surface area contributed by atoms with Gasteiger partial charge in [-0.15, -0.1) is 11.3 Å². The maximum atomic E-state index is 11.9. The minimum Gasteiger partial charge on any atom is -0.457 e. The first-order valence-corrected chi connectivity index (χ1v) is 7.35. The Balaban J connectivity index is 2.06. The Morgan fingerprint density at radius 1 is 1.43 bits per heavy atom. The zero-order valence-corrected chi connectivity index (χ0v) is 12.4. The first kappa shape index (κ1) is 13.6. The highest BCUT2D eigenvalue weighted by atomic mass is 32.1. The van der Waals surface area contributed by atoms with Crippen LogP contribution in [0.15, 0.2) is 49.1 Å². The van der Waals surface area contributed by atoms with Gasteiger partial charge < -0.3 is 4.74 Å². The maximum Gasteiger partial charge on any atom is 0.348 e. The number of aryl methyl sites for hydroxylation is 1. The number of hydrogen-bond donors (Lipinski definition) is 0. The Bertz CT molecular complexity index is 802. The number of fused-ring (bicyclic) bond motifs is 1. The molecule has 0 saturated heterocycles. The second kappa shape index (κ2) is 5.54. The topological polar surface area (TPSA) is 44.1 Å². The van der Waals surface area contributed by atoms with Gasteiger partial charge >= 0.3 is 5.97 Å². The molecule has 0 unspecified atom stereocenters. The van der Waals surface area contributed by atoms with Crippen molar-refractivity contribution in [1.29, 1.82) is 0 Å². The van der Waals surface area contributed by atoms with Crippen LogP contribution in [0.5, 0.6) is 0 Å². The molecule has 0 radical (unpaired) electrons. The molecule has 0 aliphatic heterocycles. The lowest BCUT2D eigenvalue weighted by Crippen LogP contribution is -2.02. The lowest BCUT2D eigenvalue weighted by molar-refractivity contribution is 0.0555. The summed E-state index contributed by atoms with van der Waals surface area (Å²) in [4.78, 5) is 13.5. The summed E-state index contributed by atoms with van der Waals surface area (Å²) in [5.74, 6) is -0.324. The van der Waals surface area contributed by atoms with Crippen molar-refractivity contribution in [2.24, 2.45) is 0 Å². The molecule has 0 fully saturated rings. The van der Waals surface area contributed by atoms with E-state index < -0.39 is 0 Å². The summed E-state index contributed by atoms with van der Waals surface area (Å²) in [7, 11) is 0. The van der Waals surface area contributed by atoms with Crippen LogP contribution >= 0.6 is 11.3 Å². The summed E-state index contributed by atoms with van der Waals surface area (Å²) < 4.78 is 6.95. The van der Waals surface area contributed by atoms with Gasteiger partial charge in [0.05, 0.1) is 11.4 Å². The molecule has 21 heavy (non-hydrogen) atoms. The molecule has 4 nitrogen and oxygen atoms in total. The first-order valence-electron chi connectivity index (χ1n) is 6.53. The van der Waals surface area contributed by atoms with Crippen LogP contribution in [0.4, 0.5) is 0 Å². The zero-order valence-electron chi connectivity index (χ0n) is 11.6. The second-order valence-electron chi connectivity index (χ2n) is 4.55. The highest BCUT2D eigenvalue weighted by Crippen LogP contribution is 2.30. The monoisotopic (exact) mass is 298 g/mol. The molecule has 3 aromatic rings. The van der Waals surface area contributed by atoms with E-state index in [9.17, 15) is 4.79 Å². The van der Waals surface area contributed by atoms with E-state index >= 15 is 0 Å². The van der Waals surface area contributed by atoms with Gasteiger partial charge in [-0.05, 0) is 25.1 Å². The molecular weight excluding hydrogens is 284 g/mol. The van der Waals surface area contributed by atoms with Gasteiger partial charge in [0.25, 0.3) is 0 Å². The van der Waals surface area contributed by atoms with Crippen LogP contribution in [0.25, 0.3) is 15.9 Å². The Morgan fingerprint density at radius 3 is 2.90 bits per heavy atom. The van der Waals surface area contributed by atoms with E-state index in [-0.39, 0.29) is 12.6 Å². The summed E-state index contributed by atoms with van der Waals surface area (Å²) in [6, 6.07) is 11.7. The third kappa shape index (κ3) is 2.48. The Labute approximate surface area is 126 Å². The highest BCUT2D eigenvalue weighted by Gasteiger charge is 2.17. The van der Waals surface area contributed by atoms with Crippen molar-refractivity contribution in [3.63, 3.8) is 0 Å². The molecule has 0 bridgehead atoms. The number of thiophene rings is 1. The Kier molecular flexibility index (Phi) is 3.58. The van der Waals surface area contributed by atoms with Gasteiger partial charge in [-0.3, -0.25) is 0 Å². The van der Waals surface area contributed by atoms with Gasteiger partial charge in [-0.1, -0.05) is 30.9 Å². The van der Waals surface area contributed by atoms with E-state index in [0.717, 1.165) is 21.6 Å². The third-order valence-electron chi connectivity index (χ3n) is 3.08. The third-order valence-corrected chi connectivity index (χ3v) is 4.17. The molecule has 0 aliphatic rings. The number of carbonyl (C=O) groups is 1. The Hall–Kier alpha value is -2.40. The fourth-order valence-electron chi connectivity index (χ4n) is 2.10. The average Bonchev–Trinajstić information content (AvgIpc) is 3.07. The lowest BCUT2D eigenvalue weighted by atomic mass is 10.3. The quantitative estimate of drug-likeness (QED) is 0.544. The van der Waals surface area contributed by atoms with Gasteiger partial charge in [-0.25, -0.2) is 9.48 Å². The van der Waals surface area contributed by atoms with Crippen LogP contribution in [0.3, 0.4) is 0 Å². The molecular formula is C16H14N2O2S. The second-order valence-corrected chi connectivity index (χ2v) is 5.58. The lowest BCUT2D eigenvalue weighted by Gasteiger charge is -2.01. The number of ether oxygens (including phenoxy) is 1. The first-order chi connectivity index (χ1) is 10.2. The number of aromatic nitrogens is 2. The molecule has 0 aliphatic carbocycles. The van der Waals surface area contributed by atoms with Crippen molar-refractivity contribution in [1.82, 2.24) is 9.78 Å². The van der Waals surface area contributed by atoms with Crippen LogP contribution in [-0.4, -0.2) is 22.4 Å². The van der Waals surface area contributed by atoms with Crippen LogP contribution in [0.1, 0.15) is 15.4 Å². The predicted molar refractivity (Wildman–Crippen MR) is 84.2 cm³/mol. The standard InChI is InChI=1S/C16H14N2O2S/c1-3-9-20-16(19)14-10-13-11(2)17-18(15(13)21-14)12-7-5-4-6-8-12/h3-8,10H,1,9H2,2H3. The van der Waals surface area contributed by atoms with E-state index in [4.69, 9.17) is 4.74 Å². The van der Waals surface area contributed by atoms with Crippen molar-refractivity contribution in [2.45, 2.75) is 6.92 Å². The van der Waals surface area contributed by atoms with Crippen molar-refractivity contribution in [3.05, 3.63) is 59.6 Å². The normalized spacial score (nSPS) is 10.7. The van der Waals surface area contributed by atoms with Gasteiger partial charge in [-0.2, -0.15) is 5.10 Å². The van der Waals surface area contributed by atoms with Gasteiger partial charge in [0.1, 0.15) is 16.3 Å². The smallest absolute Gasteiger partial charge is 0.348 e. The van der Waals surface area contributed by atoms with E-state index in [2.05, 4.69) is 11.7 Å². The highest BCUT2D eigenvalue weighted by molar-refractivity contribution is 7.20. The molecule has 5 heteroatoms. The average molecular weight is 298 g/mol. The number of carbonyl (C=O) groups excluding carboxylic acids is 1. The SMILES string of the molecule is C=CCOC(=O)c1cc2c(C)nn(-c3ccccc3)c2s1. The number of esters is 1. The van der Waals surface area contributed by atoms with E-state index in [1.165, 1.54) is 11.3 Å². The van der Waals surface area contributed by atoms with Crippen LogP contribution in [0.2, 0.25) is 0 Å². The van der Waals surface area contributed by atoms with Crippen LogP contribution < -0.4 is 0 Å². The summed E-state index contributed by atoms with van der Waals surface area (Å²) in [6.45, 7) is 5.70. The molecule has 106 valence electrons. The van der Waals surface area contributed by atoms with Crippen molar-refractivity contribution in [3.8, 4) is 5.69 Å². The molecule has 0 saturated carbocycles. The maximum absolute atomic E-state index is 11.9. The molecule has 0 spiro atoms. The number of hydrogen-bond acceptors (Lipinski definition) is 4. The summed E-state index contributed by atoms with van der Waals surface area (Å²) in [5.41, 5.74) is 1.87. The summed E-state index contributed by atoms with van der Waals surface area (Å²) in [6.07, 6.45) is 1.56. The molecule has 3 rings (SSSR count). The van der Waals surface area contributed by atoms with Crippen LogP contribution in [-0.2, 0) is 4.74 Å². The van der Waals surface area contributed by atoms with Gasteiger partial charge in [0.15, 0.2) is 0 Å². The van der Waals surface area contributed by atoms with Crippen LogP contribution in [0, 0.1) is 6.92 Å². The molecule has 1 aromatic carbocycles. The van der Waals surface area contributed by atoms with E-state index in [0.29, 0.717) is 4.88 Å². The predicted octanol–water partition coefficient (Wildman–Crippen LogP) is 3.74. The van der Waals surface area contributed by atoms with E-state index in [1.807, 2.05) is 48.0 Å². The van der Waals surface area contributed by atoms with Gasteiger partial charge in [0, 0.05) is 5.39 Å². The van der Waals surface area contributed by atoms with Crippen molar-refractivity contribution >= 4 is 27.5 Å². The Morgan fingerprint density at radius 2 is 2.19 bits per heavy atom. The minimum atomic E-state index is -0.324. The number of nitrogens with zero attached hydrogens (tertiary/aromatic N) is 2. The number of para-hydroxylation sites is 1.